The number of nitrogens with zero attached hydrogens (tertiary/aromatic N) is 2. The van der Waals surface area contributed by atoms with Gasteiger partial charge in [-0.15, -0.1) is 0 Å². The van der Waals surface area contributed by atoms with Crippen molar-refractivity contribution in [1.29, 1.82) is 0 Å². The van der Waals surface area contributed by atoms with Crippen molar-refractivity contribution in [2.45, 2.75) is 19.0 Å². The molecule has 23 heavy (non-hydrogen) atoms. The molecule has 0 unspecified atom stereocenters. The second-order valence-electron chi connectivity index (χ2n) is 5.25. The highest BCUT2D eigenvalue weighted by Crippen LogP contribution is 2.30. The average molecular weight is 316 g/mol. The van der Waals surface area contributed by atoms with E-state index in [1.165, 1.54) is 4.68 Å². The van der Waals surface area contributed by atoms with Crippen LogP contribution in [0.2, 0.25) is 0 Å². The van der Waals surface area contributed by atoms with Gasteiger partial charge in [0.2, 0.25) is 0 Å². The summed E-state index contributed by atoms with van der Waals surface area (Å²) in [6.07, 6.45) is -3.29. The Hall–Kier alpha value is -2.56. The summed E-state index contributed by atoms with van der Waals surface area (Å²) in [5, 5.41) is 3.76. The summed E-state index contributed by atoms with van der Waals surface area (Å²) in [5.41, 5.74) is 1.41. The lowest BCUT2D eigenvalue weighted by Gasteiger charge is -2.07. The van der Waals surface area contributed by atoms with Gasteiger partial charge in [0.1, 0.15) is 0 Å². The summed E-state index contributed by atoms with van der Waals surface area (Å²) in [4.78, 5) is 0. The Bertz CT molecular complexity index is 762. The summed E-state index contributed by atoms with van der Waals surface area (Å²) in [6, 6.07) is 19.7. The number of benzene rings is 2. The Kier molecular flexibility index (Phi) is 4.19. The van der Waals surface area contributed by atoms with E-state index >= 15 is 0 Å². The van der Waals surface area contributed by atoms with E-state index in [4.69, 9.17) is 0 Å². The van der Waals surface area contributed by atoms with Crippen molar-refractivity contribution < 1.29 is 13.2 Å². The fraction of sp³-hybridized carbons (Fsp3) is 0.167. The Morgan fingerprint density at radius 2 is 1.43 bits per heavy atom. The van der Waals surface area contributed by atoms with Gasteiger partial charge < -0.3 is 0 Å². The third kappa shape index (κ3) is 3.62. The van der Waals surface area contributed by atoms with Gasteiger partial charge in [0.15, 0.2) is 5.69 Å². The zero-order valence-corrected chi connectivity index (χ0v) is 12.3. The van der Waals surface area contributed by atoms with Crippen molar-refractivity contribution in [3.05, 3.63) is 83.7 Å². The van der Waals surface area contributed by atoms with Crippen LogP contribution in [0.25, 0.3) is 5.69 Å². The predicted molar refractivity (Wildman–Crippen MR) is 82.4 cm³/mol. The Labute approximate surface area is 132 Å². The highest BCUT2D eigenvalue weighted by molar-refractivity contribution is 5.34. The fourth-order valence-corrected chi connectivity index (χ4v) is 2.45. The number of hydrogen-bond donors (Lipinski definition) is 0. The predicted octanol–water partition coefficient (Wildman–Crippen LogP) is 4.68. The van der Waals surface area contributed by atoms with Gasteiger partial charge in [-0.3, -0.25) is 0 Å². The van der Waals surface area contributed by atoms with Crippen molar-refractivity contribution in [3.8, 4) is 5.69 Å². The summed E-state index contributed by atoms with van der Waals surface area (Å²) in [7, 11) is 0. The van der Waals surface area contributed by atoms with Gasteiger partial charge in [-0.1, -0.05) is 48.5 Å². The van der Waals surface area contributed by atoms with Gasteiger partial charge in [0.25, 0.3) is 0 Å². The molecule has 0 amide bonds. The van der Waals surface area contributed by atoms with Crippen molar-refractivity contribution in [3.63, 3.8) is 0 Å². The first kappa shape index (κ1) is 15.3. The van der Waals surface area contributed by atoms with Gasteiger partial charge in [0, 0.05) is 5.69 Å². The maximum atomic E-state index is 13.0. The Morgan fingerprint density at radius 1 is 0.826 bits per heavy atom. The molecule has 0 N–H and O–H groups in total. The highest BCUT2D eigenvalue weighted by Gasteiger charge is 2.35. The molecule has 5 heteroatoms. The van der Waals surface area contributed by atoms with E-state index in [1.54, 1.807) is 24.3 Å². The number of aryl methyl sites for hydroxylation is 2. The molecule has 3 aromatic rings. The van der Waals surface area contributed by atoms with Crippen molar-refractivity contribution in [2.75, 3.05) is 0 Å². The molecule has 0 aliphatic carbocycles. The van der Waals surface area contributed by atoms with E-state index < -0.39 is 11.9 Å². The highest BCUT2D eigenvalue weighted by atomic mass is 19.4. The molecule has 2 nitrogen and oxygen atoms in total. The smallest absolute Gasteiger partial charge is 0.237 e. The van der Waals surface area contributed by atoms with Crippen LogP contribution in [0, 0.1) is 0 Å². The monoisotopic (exact) mass is 316 g/mol. The number of aromatic nitrogens is 2. The van der Waals surface area contributed by atoms with Crippen LogP contribution in [0.15, 0.2) is 66.7 Å². The first-order valence-corrected chi connectivity index (χ1v) is 7.29. The van der Waals surface area contributed by atoms with Gasteiger partial charge in [-0.25, -0.2) is 4.68 Å². The molecule has 3 rings (SSSR count). The SMILES string of the molecule is FC(F)(F)c1cc(CCc2ccccc2)n(-c2ccccc2)n1. The van der Waals surface area contributed by atoms with Gasteiger partial charge in [0.05, 0.1) is 5.69 Å². The molecular weight excluding hydrogens is 301 g/mol. The van der Waals surface area contributed by atoms with Crippen LogP contribution in [0.3, 0.4) is 0 Å². The van der Waals surface area contributed by atoms with Crippen molar-refractivity contribution in [2.24, 2.45) is 0 Å². The van der Waals surface area contributed by atoms with Crippen LogP contribution < -0.4 is 0 Å². The van der Waals surface area contributed by atoms with E-state index in [0.29, 0.717) is 24.2 Å². The molecule has 0 saturated carbocycles. The first-order chi connectivity index (χ1) is 11.0. The topological polar surface area (TPSA) is 17.8 Å². The van der Waals surface area contributed by atoms with E-state index in [2.05, 4.69) is 5.10 Å². The van der Waals surface area contributed by atoms with Crippen molar-refractivity contribution >= 4 is 0 Å². The third-order valence-corrected chi connectivity index (χ3v) is 3.59. The standard InChI is InChI=1S/C18H15F3N2/c19-18(20,21)17-13-16(12-11-14-7-3-1-4-8-14)23(22-17)15-9-5-2-6-10-15/h1-10,13H,11-12H2. The summed E-state index contributed by atoms with van der Waals surface area (Å²) in [5.74, 6) is 0. The molecule has 0 atom stereocenters. The zero-order chi connectivity index (χ0) is 16.3. The van der Waals surface area contributed by atoms with Crippen LogP contribution in [0.5, 0.6) is 0 Å². The number of para-hydroxylation sites is 1. The molecule has 2 aromatic carbocycles. The fourth-order valence-electron chi connectivity index (χ4n) is 2.45. The second kappa shape index (κ2) is 6.28. The second-order valence-corrected chi connectivity index (χ2v) is 5.25. The van der Waals surface area contributed by atoms with Crippen LogP contribution in [0.4, 0.5) is 13.2 Å². The number of hydrogen-bond acceptors (Lipinski definition) is 1. The van der Waals surface area contributed by atoms with Gasteiger partial charge in [-0.2, -0.15) is 18.3 Å². The minimum Gasteiger partial charge on any atom is -0.237 e. The quantitative estimate of drug-likeness (QED) is 0.683. The van der Waals surface area contributed by atoms with Gasteiger partial charge >= 0.3 is 6.18 Å². The number of rotatable bonds is 4. The van der Waals surface area contributed by atoms with Crippen LogP contribution in [0.1, 0.15) is 17.0 Å². The molecule has 1 heterocycles. The van der Waals surface area contributed by atoms with E-state index in [0.717, 1.165) is 11.6 Å². The van der Waals surface area contributed by atoms with E-state index in [9.17, 15) is 13.2 Å². The lowest BCUT2D eigenvalue weighted by Crippen LogP contribution is -2.07. The molecule has 0 bridgehead atoms. The summed E-state index contributed by atoms with van der Waals surface area (Å²) < 4.78 is 40.3. The van der Waals surface area contributed by atoms with Crippen LogP contribution in [-0.2, 0) is 19.0 Å². The third-order valence-electron chi connectivity index (χ3n) is 3.59. The minimum absolute atomic E-state index is 0.488. The van der Waals surface area contributed by atoms with E-state index in [1.807, 2.05) is 36.4 Å². The summed E-state index contributed by atoms with van der Waals surface area (Å²) in [6.45, 7) is 0. The lowest BCUT2D eigenvalue weighted by atomic mass is 10.1. The average Bonchev–Trinajstić information content (AvgIpc) is 2.99. The molecule has 0 fully saturated rings. The van der Waals surface area contributed by atoms with Gasteiger partial charge in [-0.05, 0) is 36.6 Å². The number of alkyl halides is 3. The van der Waals surface area contributed by atoms with Crippen LogP contribution >= 0.6 is 0 Å². The minimum atomic E-state index is -4.44. The molecule has 0 spiro atoms. The normalized spacial score (nSPS) is 11.6. The molecule has 0 saturated heterocycles. The maximum absolute atomic E-state index is 13.0. The Balaban J connectivity index is 1.92. The summed E-state index contributed by atoms with van der Waals surface area (Å²) >= 11 is 0. The zero-order valence-electron chi connectivity index (χ0n) is 12.3. The van der Waals surface area contributed by atoms with Crippen LogP contribution in [-0.4, -0.2) is 9.78 Å². The molecule has 0 aliphatic rings. The van der Waals surface area contributed by atoms with E-state index in [-0.39, 0.29) is 0 Å². The molecule has 0 radical (unpaired) electrons. The first-order valence-electron chi connectivity index (χ1n) is 7.29. The number of halogens is 3. The molecular formula is C18H15F3N2. The molecule has 118 valence electrons. The lowest BCUT2D eigenvalue weighted by molar-refractivity contribution is -0.141. The molecule has 1 aromatic heterocycles. The maximum Gasteiger partial charge on any atom is 0.435 e. The largest absolute Gasteiger partial charge is 0.435 e. The Morgan fingerprint density at radius 3 is 2.04 bits per heavy atom. The molecule has 0 aliphatic heterocycles. The van der Waals surface area contributed by atoms with Crippen molar-refractivity contribution in [1.82, 2.24) is 9.78 Å².